The summed E-state index contributed by atoms with van der Waals surface area (Å²) in [6.07, 6.45) is -1.44. The van der Waals surface area contributed by atoms with Gasteiger partial charge in [0.2, 0.25) is 13.1 Å². The van der Waals surface area contributed by atoms with Crippen molar-refractivity contribution < 1.29 is 28.8 Å². The molecular formula is C18H16N2O7. The molecule has 2 atom stereocenters. The van der Waals surface area contributed by atoms with Crippen LogP contribution in [0.5, 0.6) is 11.5 Å². The van der Waals surface area contributed by atoms with Gasteiger partial charge in [-0.15, -0.1) is 0 Å². The first-order valence-corrected chi connectivity index (χ1v) is 8.30. The van der Waals surface area contributed by atoms with Gasteiger partial charge in [-0.25, -0.2) is 9.90 Å². The molecule has 2 aliphatic rings. The molecule has 140 valence electrons. The first kappa shape index (κ1) is 17.3. The van der Waals surface area contributed by atoms with Gasteiger partial charge in [0.1, 0.15) is 0 Å². The molecule has 2 aromatic carbocycles. The molecule has 4 rings (SSSR count). The predicted octanol–water partition coefficient (Wildman–Crippen LogP) is 2.81. The van der Waals surface area contributed by atoms with Crippen molar-refractivity contribution in [3.8, 4) is 11.5 Å². The molecule has 27 heavy (non-hydrogen) atoms. The summed E-state index contributed by atoms with van der Waals surface area (Å²) in [6, 6.07) is 11.0. The number of hydroxylamine groups is 2. The fourth-order valence-electron chi connectivity index (χ4n) is 2.96. The number of nitro groups is 1. The largest absolute Gasteiger partial charge is 0.454 e. The molecule has 1 fully saturated rings. The predicted molar refractivity (Wildman–Crippen MR) is 91.1 cm³/mol. The van der Waals surface area contributed by atoms with Crippen molar-refractivity contribution in [3.63, 3.8) is 0 Å². The molecule has 2 aliphatic heterocycles. The number of benzene rings is 2. The Morgan fingerprint density at radius 2 is 1.96 bits per heavy atom. The standard InChI is InChI=1S/C18H16N2O7/c1-11-9-19(17(21)12-6-7-15-16(8-12)25-10-24-15)27-18(26-11)13-4-2-3-5-14(13)20(22)23/h2-8,11,18H,9-10H2,1H3/t11-,18-/m0/s1. The third kappa shape index (κ3) is 3.29. The van der Waals surface area contributed by atoms with E-state index in [1.54, 1.807) is 43.3 Å². The van der Waals surface area contributed by atoms with E-state index in [1.807, 2.05) is 0 Å². The monoisotopic (exact) mass is 372 g/mol. The number of hydrogen-bond acceptors (Lipinski definition) is 7. The van der Waals surface area contributed by atoms with E-state index in [1.165, 1.54) is 6.07 Å². The fraction of sp³-hybridized carbons (Fsp3) is 0.278. The van der Waals surface area contributed by atoms with Gasteiger partial charge < -0.3 is 14.2 Å². The van der Waals surface area contributed by atoms with Crippen LogP contribution in [0.15, 0.2) is 42.5 Å². The second-order valence-electron chi connectivity index (χ2n) is 6.13. The van der Waals surface area contributed by atoms with E-state index < -0.39 is 17.1 Å². The molecular weight excluding hydrogens is 356 g/mol. The van der Waals surface area contributed by atoms with E-state index in [-0.39, 0.29) is 30.7 Å². The smallest absolute Gasteiger partial charge is 0.277 e. The summed E-state index contributed by atoms with van der Waals surface area (Å²) < 4.78 is 16.2. The maximum Gasteiger partial charge on any atom is 0.277 e. The SMILES string of the molecule is C[C@H]1CN(C(=O)c2ccc3c(c2)OCO3)O[C@@H](c2ccccc2[N+](=O)[O-])O1. The Hall–Kier alpha value is -3.17. The van der Waals surface area contributed by atoms with Crippen molar-refractivity contribution in [2.75, 3.05) is 13.3 Å². The highest BCUT2D eigenvalue weighted by Gasteiger charge is 2.35. The van der Waals surface area contributed by atoms with Crippen LogP contribution in [0, 0.1) is 10.1 Å². The average molecular weight is 372 g/mol. The number of para-hydroxylation sites is 1. The maximum absolute atomic E-state index is 12.9. The molecule has 0 aliphatic carbocycles. The van der Waals surface area contributed by atoms with Crippen LogP contribution in [0.4, 0.5) is 5.69 Å². The molecule has 2 aromatic rings. The molecule has 1 saturated heterocycles. The van der Waals surface area contributed by atoms with Crippen LogP contribution in [0.25, 0.3) is 0 Å². The van der Waals surface area contributed by atoms with Gasteiger partial charge in [-0.05, 0) is 31.2 Å². The maximum atomic E-state index is 12.9. The van der Waals surface area contributed by atoms with Gasteiger partial charge in [-0.1, -0.05) is 12.1 Å². The van der Waals surface area contributed by atoms with Gasteiger partial charge in [-0.2, -0.15) is 0 Å². The van der Waals surface area contributed by atoms with Gasteiger partial charge in [0.15, 0.2) is 11.5 Å². The molecule has 0 radical (unpaired) electrons. The van der Waals surface area contributed by atoms with Crippen molar-refractivity contribution >= 4 is 11.6 Å². The molecule has 0 bridgehead atoms. The minimum Gasteiger partial charge on any atom is -0.454 e. The summed E-state index contributed by atoms with van der Waals surface area (Å²) in [7, 11) is 0. The Kier molecular flexibility index (Phi) is 4.38. The minimum atomic E-state index is -1.06. The number of amides is 1. The lowest BCUT2D eigenvalue weighted by Crippen LogP contribution is -2.44. The van der Waals surface area contributed by atoms with E-state index in [9.17, 15) is 14.9 Å². The van der Waals surface area contributed by atoms with E-state index in [0.29, 0.717) is 17.1 Å². The minimum absolute atomic E-state index is 0.109. The number of carbonyl (C=O) groups excluding carboxylic acids is 1. The molecule has 0 aromatic heterocycles. The number of carbonyl (C=O) groups is 1. The lowest BCUT2D eigenvalue weighted by molar-refractivity contribution is -0.390. The molecule has 1 amide bonds. The summed E-state index contributed by atoms with van der Waals surface area (Å²) in [5.41, 5.74) is 0.472. The van der Waals surface area contributed by atoms with Gasteiger partial charge in [-0.3, -0.25) is 14.9 Å². The van der Waals surface area contributed by atoms with E-state index in [2.05, 4.69) is 0 Å². The molecule has 2 heterocycles. The second-order valence-corrected chi connectivity index (χ2v) is 6.13. The Balaban J connectivity index is 1.59. The topological polar surface area (TPSA) is 100 Å². The van der Waals surface area contributed by atoms with Gasteiger partial charge >= 0.3 is 0 Å². The van der Waals surface area contributed by atoms with Gasteiger partial charge in [0.05, 0.1) is 23.1 Å². The first-order chi connectivity index (χ1) is 13.0. The molecule has 9 nitrogen and oxygen atoms in total. The zero-order valence-corrected chi connectivity index (χ0v) is 14.4. The van der Waals surface area contributed by atoms with Crippen LogP contribution in [-0.4, -0.2) is 35.3 Å². The van der Waals surface area contributed by atoms with E-state index >= 15 is 0 Å². The summed E-state index contributed by atoms with van der Waals surface area (Å²) in [6.45, 7) is 2.06. The van der Waals surface area contributed by atoms with Gasteiger partial charge in [0.25, 0.3) is 11.6 Å². The normalized spacial score (nSPS) is 21.1. The highest BCUT2D eigenvalue weighted by Crippen LogP contribution is 2.35. The second kappa shape index (κ2) is 6.86. The van der Waals surface area contributed by atoms with Crippen molar-refractivity contribution in [2.45, 2.75) is 19.3 Å². The van der Waals surface area contributed by atoms with Crippen LogP contribution in [0.1, 0.15) is 29.1 Å². The summed E-state index contributed by atoms with van der Waals surface area (Å²) in [5.74, 6) is 0.657. The zero-order chi connectivity index (χ0) is 19.0. The van der Waals surface area contributed by atoms with Crippen LogP contribution in [0.2, 0.25) is 0 Å². The van der Waals surface area contributed by atoms with Crippen molar-refractivity contribution in [3.05, 3.63) is 63.7 Å². The third-order valence-electron chi connectivity index (χ3n) is 4.24. The average Bonchev–Trinajstić information content (AvgIpc) is 3.14. The molecule has 0 unspecified atom stereocenters. The number of rotatable bonds is 3. The van der Waals surface area contributed by atoms with Crippen LogP contribution < -0.4 is 9.47 Å². The lowest BCUT2D eigenvalue weighted by Gasteiger charge is -2.35. The Morgan fingerprint density at radius 3 is 2.78 bits per heavy atom. The number of ether oxygens (including phenoxy) is 3. The number of nitrogens with zero attached hydrogens (tertiary/aromatic N) is 2. The van der Waals surface area contributed by atoms with Crippen molar-refractivity contribution in [2.24, 2.45) is 0 Å². The highest BCUT2D eigenvalue weighted by molar-refractivity contribution is 5.94. The van der Waals surface area contributed by atoms with E-state index in [0.717, 1.165) is 5.06 Å². The fourth-order valence-corrected chi connectivity index (χ4v) is 2.96. The molecule has 0 saturated carbocycles. The third-order valence-corrected chi connectivity index (χ3v) is 4.24. The summed E-state index contributed by atoms with van der Waals surface area (Å²) in [5, 5.41) is 12.4. The number of hydrogen-bond donors (Lipinski definition) is 0. The van der Waals surface area contributed by atoms with Crippen molar-refractivity contribution in [1.29, 1.82) is 0 Å². The van der Waals surface area contributed by atoms with Crippen LogP contribution >= 0.6 is 0 Å². The Morgan fingerprint density at radius 1 is 1.19 bits per heavy atom. The van der Waals surface area contributed by atoms with E-state index in [4.69, 9.17) is 19.0 Å². The van der Waals surface area contributed by atoms with Crippen LogP contribution in [0.3, 0.4) is 0 Å². The molecule has 9 heteroatoms. The highest BCUT2D eigenvalue weighted by atomic mass is 16.8. The first-order valence-electron chi connectivity index (χ1n) is 8.30. The Bertz CT molecular complexity index is 901. The zero-order valence-electron chi connectivity index (χ0n) is 14.4. The quantitative estimate of drug-likeness (QED) is 0.603. The molecule has 0 N–H and O–H groups in total. The Labute approximate surface area is 154 Å². The number of fused-ring (bicyclic) bond motifs is 1. The van der Waals surface area contributed by atoms with Gasteiger partial charge in [0, 0.05) is 11.6 Å². The molecule has 0 spiro atoms. The van der Waals surface area contributed by atoms with Crippen molar-refractivity contribution in [1.82, 2.24) is 5.06 Å². The van der Waals surface area contributed by atoms with Crippen LogP contribution in [-0.2, 0) is 9.57 Å². The summed E-state index contributed by atoms with van der Waals surface area (Å²) >= 11 is 0. The summed E-state index contributed by atoms with van der Waals surface area (Å²) in [4.78, 5) is 29.3. The number of nitro benzene ring substituents is 1. The lowest BCUT2D eigenvalue weighted by atomic mass is 10.1.